The molecule has 0 rings (SSSR count). The van der Waals surface area contributed by atoms with Gasteiger partial charge in [-0.25, -0.2) is 0 Å². The van der Waals surface area contributed by atoms with Gasteiger partial charge in [-0.05, 0) is 13.3 Å². The Morgan fingerprint density at radius 2 is 2.43 bits per heavy atom. The zero-order chi connectivity index (χ0) is 5.70. The molecule has 0 bridgehead atoms. The highest BCUT2D eigenvalue weighted by Gasteiger charge is 1.74. The van der Waals surface area contributed by atoms with E-state index in [1.807, 2.05) is 0 Å². The molecule has 0 atom stereocenters. The van der Waals surface area contributed by atoms with Gasteiger partial charge in [0.25, 0.3) is 0 Å². The third-order valence-corrected chi connectivity index (χ3v) is 0.595. The fraction of sp³-hybridized carbons (Fsp3) is 0.600. The van der Waals surface area contributed by atoms with Crippen molar-refractivity contribution < 1.29 is 5.11 Å². The third-order valence-electron chi connectivity index (χ3n) is 0.595. The van der Waals surface area contributed by atoms with Gasteiger partial charge in [0.2, 0.25) is 0 Å². The molecule has 0 aliphatic heterocycles. The number of aliphatic hydroxyl groups excluding tert-OH is 1. The van der Waals surface area contributed by atoms with Crippen molar-refractivity contribution in [2.24, 2.45) is 5.73 Å². The Kier molecular flexibility index (Phi) is 3.42. The molecule has 0 aromatic rings. The van der Waals surface area contributed by atoms with Crippen molar-refractivity contribution in [3.05, 3.63) is 11.8 Å². The highest BCUT2D eigenvalue weighted by atomic mass is 16.2. The highest BCUT2D eigenvalue weighted by Crippen LogP contribution is 1.82. The van der Waals surface area contributed by atoms with E-state index in [0.717, 1.165) is 5.70 Å². The van der Waals surface area contributed by atoms with E-state index < -0.39 is 0 Å². The Bertz CT molecular complexity index is 64.5. The summed E-state index contributed by atoms with van der Waals surface area (Å²) in [5.41, 5.74) is 6.00. The van der Waals surface area contributed by atoms with Crippen LogP contribution in [0.5, 0.6) is 0 Å². The van der Waals surface area contributed by atoms with E-state index >= 15 is 0 Å². The SMILES string of the molecule is C/C(N)=C\CCO. The number of allylic oxidation sites excluding steroid dienone is 1. The van der Waals surface area contributed by atoms with Crippen LogP contribution < -0.4 is 5.73 Å². The molecule has 2 heteroatoms. The molecule has 3 N–H and O–H groups in total. The van der Waals surface area contributed by atoms with Crippen molar-refractivity contribution in [3.8, 4) is 0 Å². The lowest BCUT2D eigenvalue weighted by Gasteiger charge is -1.85. The summed E-state index contributed by atoms with van der Waals surface area (Å²) in [7, 11) is 0. The van der Waals surface area contributed by atoms with Crippen molar-refractivity contribution in [2.75, 3.05) is 6.61 Å². The maximum Gasteiger partial charge on any atom is 0.0466 e. The number of hydrogen-bond acceptors (Lipinski definition) is 2. The lowest BCUT2D eigenvalue weighted by molar-refractivity contribution is 0.302. The second-order valence-electron chi connectivity index (χ2n) is 1.46. The van der Waals surface area contributed by atoms with E-state index in [-0.39, 0.29) is 6.61 Å². The van der Waals surface area contributed by atoms with Crippen molar-refractivity contribution in [1.29, 1.82) is 0 Å². The highest BCUT2D eigenvalue weighted by molar-refractivity contribution is 4.90. The molecule has 0 fully saturated rings. The molecule has 7 heavy (non-hydrogen) atoms. The predicted octanol–water partition coefficient (Wildman–Crippen LogP) is 0.231. The monoisotopic (exact) mass is 101 g/mol. The van der Waals surface area contributed by atoms with Crippen LogP contribution in [-0.2, 0) is 0 Å². The fourth-order valence-electron chi connectivity index (χ4n) is 0.292. The predicted molar refractivity (Wildman–Crippen MR) is 29.6 cm³/mol. The standard InChI is InChI=1S/C5H11NO/c1-5(6)3-2-4-7/h3,7H,2,4,6H2,1H3/b5-3+. The van der Waals surface area contributed by atoms with E-state index in [1.54, 1.807) is 13.0 Å². The lowest BCUT2D eigenvalue weighted by Crippen LogP contribution is -1.90. The average molecular weight is 101 g/mol. The van der Waals surface area contributed by atoms with Gasteiger partial charge in [0, 0.05) is 12.3 Å². The van der Waals surface area contributed by atoms with Crippen LogP contribution in [0.25, 0.3) is 0 Å². The Labute approximate surface area is 43.6 Å². The number of aliphatic hydroxyl groups is 1. The molecule has 0 aliphatic rings. The number of rotatable bonds is 2. The molecule has 0 spiro atoms. The van der Waals surface area contributed by atoms with E-state index in [4.69, 9.17) is 10.8 Å². The smallest absolute Gasteiger partial charge is 0.0466 e. The minimum atomic E-state index is 0.189. The lowest BCUT2D eigenvalue weighted by atomic mass is 10.4. The van der Waals surface area contributed by atoms with E-state index in [1.165, 1.54) is 0 Å². The molecule has 0 heterocycles. The van der Waals surface area contributed by atoms with Crippen LogP contribution >= 0.6 is 0 Å². The van der Waals surface area contributed by atoms with Crippen LogP contribution in [0, 0.1) is 0 Å². The van der Waals surface area contributed by atoms with Crippen LogP contribution in [0.1, 0.15) is 13.3 Å². The first-order valence-corrected chi connectivity index (χ1v) is 2.30. The molecule has 0 unspecified atom stereocenters. The zero-order valence-corrected chi connectivity index (χ0v) is 4.52. The Morgan fingerprint density at radius 3 is 2.57 bits per heavy atom. The Morgan fingerprint density at radius 1 is 1.86 bits per heavy atom. The van der Waals surface area contributed by atoms with Gasteiger partial charge in [-0.3, -0.25) is 0 Å². The summed E-state index contributed by atoms with van der Waals surface area (Å²) in [6, 6.07) is 0. The van der Waals surface area contributed by atoms with E-state index in [9.17, 15) is 0 Å². The van der Waals surface area contributed by atoms with Crippen LogP contribution in [-0.4, -0.2) is 11.7 Å². The van der Waals surface area contributed by atoms with Crippen molar-refractivity contribution in [3.63, 3.8) is 0 Å². The van der Waals surface area contributed by atoms with Gasteiger partial charge >= 0.3 is 0 Å². The summed E-state index contributed by atoms with van der Waals surface area (Å²) in [6.07, 6.45) is 2.46. The second kappa shape index (κ2) is 3.68. The van der Waals surface area contributed by atoms with Crippen LogP contribution in [0.15, 0.2) is 11.8 Å². The summed E-state index contributed by atoms with van der Waals surface area (Å²) in [4.78, 5) is 0. The molecule has 0 radical (unpaired) electrons. The molecular weight excluding hydrogens is 90.1 g/mol. The van der Waals surface area contributed by atoms with E-state index in [0.29, 0.717) is 6.42 Å². The van der Waals surface area contributed by atoms with Gasteiger partial charge in [-0.1, -0.05) is 6.08 Å². The summed E-state index contributed by atoms with van der Waals surface area (Å²) < 4.78 is 0. The molecule has 0 saturated carbocycles. The first-order valence-electron chi connectivity index (χ1n) is 2.30. The largest absolute Gasteiger partial charge is 0.403 e. The topological polar surface area (TPSA) is 46.2 Å². The van der Waals surface area contributed by atoms with Crippen molar-refractivity contribution in [1.82, 2.24) is 0 Å². The summed E-state index contributed by atoms with van der Waals surface area (Å²) in [5, 5.41) is 8.22. The minimum Gasteiger partial charge on any atom is -0.403 e. The molecule has 2 nitrogen and oxygen atoms in total. The van der Waals surface area contributed by atoms with Crippen LogP contribution in [0.4, 0.5) is 0 Å². The number of hydrogen-bond donors (Lipinski definition) is 2. The van der Waals surface area contributed by atoms with Gasteiger partial charge in [0.1, 0.15) is 0 Å². The Balaban J connectivity index is 3.08. The maximum absolute atomic E-state index is 8.22. The van der Waals surface area contributed by atoms with Gasteiger partial charge in [0.15, 0.2) is 0 Å². The normalized spacial score (nSPS) is 12.0. The van der Waals surface area contributed by atoms with Crippen molar-refractivity contribution >= 4 is 0 Å². The quantitative estimate of drug-likeness (QED) is 0.523. The van der Waals surface area contributed by atoms with Gasteiger partial charge in [0.05, 0.1) is 0 Å². The van der Waals surface area contributed by atoms with Gasteiger partial charge in [-0.2, -0.15) is 0 Å². The maximum atomic E-state index is 8.22. The van der Waals surface area contributed by atoms with Crippen LogP contribution in [0.3, 0.4) is 0 Å². The second-order valence-corrected chi connectivity index (χ2v) is 1.46. The fourth-order valence-corrected chi connectivity index (χ4v) is 0.292. The number of nitrogens with two attached hydrogens (primary N) is 1. The molecule has 0 amide bonds. The van der Waals surface area contributed by atoms with Gasteiger partial charge < -0.3 is 10.8 Å². The zero-order valence-electron chi connectivity index (χ0n) is 4.52. The first-order chi connectivity index (χ1) is 3.27. The third kappa shape index (κ3) is 5.50. The summed E-state index contributed by atoms with van der Waals surface area (Å²) >= 11 is 0. The molecule has 42 valence electrons. The molecular formula is C5H11NO. The molecule has 0 aliphatic carbocycles. The van der Waals surface area contributed by atoms with E-state index in [2.05, 4.69) is 0 Å². The molecule has 0 aromatic carbocycles. The average Bonchev–Trinajstić information content (AvgIpc) is 1.61. The first kappa shape index (κ1) is 6.50. The minimum absolute atomic E-state index is 0.189. The Hall–Kier alpha value is -0.500. The molecule has 0 aromatic heterocycles. The molecule has 0 saturated heterocycles. The van der Waals surface area contributed by atoms with Crippen molar-refractivity contribution in [2.45, 2.75) is 13.3 Å². The van der Waals surface area contributed by atoms with Gasteiger partial charge in [-0.15, -0.1) is 0 Å². The summed E-state index contributed by atoms with van der Waals surface area (Å²) in [6.45, 7) is 1.99. The summed E-state index contributed by atoms with van der Waals surface area (Å²) in [5.74, 6) is 0. The van der Waals surface area contributed by atoms with Crippen LogP contribution in [0.2, 0.25) is 0 Å².